The summed E-state index contributed by atoms with van der Waals surface area (Å²) < 4.78 is 0. The molecule has 4 aromatic heterocycles. The first-order chi connectivity index (χ1) is 13.9. The lowest BCUT2D eigenvalue weighted by molar-refractivity contribution is 0.961. The van der Waals surface area contributed by atoms with Crippen LogP contribution in [0.1, 0.15) is 0 Å². The minimum Gasteiger partial charge on any atom is -0.264 e. The monoisotopic (exact) mass is 399 g/mol. The molecule has 0 unspecified atom stereocenters. The SMILES string of the molecule is c1ccc(-c2csc3nc(-c4cccnc4)nc(Sc4ncccn4)c23)cc1. The standard InChI is InChI=1S/C21H13N5S2/c1-2-6-14(7-3-1)16-13-27-19-17(16)20(28-21-23-10-5-11-24-21)26-18(25-19)15-8-4-9-22-12-15/h1-13H. The van der Waals surface area contributed by atoms with E-state index >= 15 is 0 Å². The quantitative estimate of drug-likeness (QED) is 0.299. The Morgan fingerprint density at radius 3 is 2.39 bits per heavy atom. The van der Waals surface area contributed by atoms with Gasteiger partial charge in [0.2, 0.25) is 0 Å². The summed E-state index contributed by atoms with van der Waals surface area (Å²) in [5, 5.41) is 4.67. The van der Waals surface area contributed by atoms with E-state index in [2.05, 4.69) is 32.5 Å². The lowest BCUT2D eigenvalue weighted by Gasteiger charge is -2.07. The zero-order chi connectivity index (χ0) is 18.8. The Hall–Kier alpha value is -3.16. The molecule has 0 bridgehead atoms. The van der Waals surface area contributed by atoms with Crippen LogP contribution < -0.4 is 0 Å². The molecule has 0 radical (unpaired) electrons. The number of nitrogens with zero attached hydrogens (tertiary/aromatic N) is 5. The first kappa shape index (κ1) is 17.0. The van der Waals surface area contributed by atoms with Crippen molar-refractivity contribution >= 4 is 33.3 Å². The molecule has 5 nitrogen and oxygen atoms in total. The third kappa shape index (κ3) is 3.26. The largest absolute Gasteiger partial charge is 0.264 e. The van der Waals surface area contributed by atoms with E-state index in [1.54, 1.807) is 42.2 Å². The highest BCUT2D eigenvalue weighted by Gasteiger charge is 2.18. The van der Waals surface area contributed by atoms with E-state index in [4.69, 9.17) is 9.97 Å². The van der Waals surface area contributed by atoms with E-state index in [1.165, 1.54) is 11.8 Å². The van der Waals surface area contributed by atoms with Crippen LogP contribution >= 0.6 is 23.1 Å². The van der Waals surface area contributed by atoms with E-state index in [9.17, 15) is 0 Å². The fraction of sp³-hybridized carbons (Fsp3) is 0. The van der Waals surface area contributed by atoms with E-state index in [0.717, 1.165) is 31.9 Å². The number of pyridine rings is 1. The first-order valence-corrected chi connectivity index (χ1v) is 10.3. The number of fused-ring (bicyclic) bond motifs is 1. The van der Waals surface area contributed by atoms with Crippen LogP contribution in [0.5, 0.6) is 0 Å². The molecule has 0 aliphatic carbocycles. The number of hydrogen-bond acceptors (Lipinski definition) is 7. The van der Waals surface area contributed by atoms with E-state index in [-0.39, 0.29) is 0 Å². The normalized spacial score (nSPS) is 11.0. The van der Waals surface area contributed by atoms with Gasteiger partial charge in [-0.15, -0.1) is 11.3 Å². The van der Waals surface area contributed by atoms with Gasteiger partial charge in [-0.05, 0) is 35.5 Å². The van der Waals surface area contributed by atoms with Crippen molar-refractivity contribution in [2.75, 3.05) is 0 Å². The molecule has 7 heteroatoms. The van der Waals surface area contributed by atoms with Gasteiger partial charge in [0.05, 0.1) is 5.39 Å². The van der Waals surface area contributed by atoms with E-state index in [0.29, 0.717) is 11.0 Å². The zero-order valence-electron chi connectivity index (χ0n) is 14.6. The summed E-state index contributed by atoms with van der Waals surface area (Å²) in [7, 11) is 0. The number of hydrogen-bond donors (Lipinski definition) is 0. The van der Waals surface area contributed by atoms with Crippen molar-refractivity contribution in [3.8, 4) is 22.5 Å². The van der Waals surface area contributed by atoms with Gasteiger partial charge in [0.15, 0.2) is 11.0 Å². The van der Waals surface area contributed by atoms with Crippen molar-refractivity contribution in [2.24, 2.45) is 0 Å². The molecule has 0 N–H and O–H groups in total. The number of aromatic nitrogens is 5. The second-order valence-corrected chi connectivity index (χ2v) is 7.74. The Bertz CT molecular complexity index is 1230. The Labute approximate surface area is 169 Å². The second kappa shape index (κ2) is 7.46. The van der Waals surface area contributed by atoms with Crippen LogP contribution in [0.15, 0.2) is 88.9 Å². The average Bonchev–Trinajstić information content (AvgIpc) is 3.20. The summed E-state index contributed by atoms with van der Waals surface area (Å²) in [6.45, 7) is 0. The molecule has 5 rings (SSSR count). The Morgan fingerprint density at radius 2 is 1.61 bits per heavy atom. The molecular formula is C21H13N5S2. The van der Waals surface area contributed by atoms with Gasteiger partial charge < -0.3 is 0 Å². The van der Waals surface area contributed by atoms with Crippen LogP contribution in [-0.2, 0) is 0 Å². The third-order valence-electron chi connectivity index (χ3n) is 4.13. The van der Waals surface area contributed by atoms with Gasteiger partial charge in [-0.1, -0.05) is 30.3 Å². The second-order valence-electron chi connectivity index (χ2n) is 5.92. The maximum Gasteiger partial charge on any atom is 0.193 e. The molecule has 0 saturated carbocycles. The van der Waals surface area contributed by atoms with Crippen molar-refractivity contribution in [1.29, 1.82) is 0 Å². The fourth-order valence-electron chi connectivity index (χ4n) is 2.86. The van der Waals surface area contributed by atoms with Crippen molar-refractivity contribution in [2.45, 2.75) is 10.2 Å². The molecule has 134 valence electrons. The van der Waals surface area contributed by atoms with Crippen LogP contribution in [0.4, 0.5) is 0 Å². The molecule has 0 fully saturated rings. The number of rotatable bonds is 4. The highest BCUT2D eigenvalue weighted by Crippen LogP contribution is 2.40. The molecule has 0 atom stereocenters. The van der Waals surface area contributed by atoms with E-state index in [1.807, 2.05) is 30.3 Å². The van der Waals surface area contributed by atoms with Gasteiger partial charge in [0.25, 0.3) is 0 Å². The van der Waals surface area contributed by atoms with Crippen LogP contribution in [-0.4, -0.2) is 24.9 Å². The summed E-state index contributed by atoms with van der Waals surface area (Å²) in [4.78, 5) is 23.5. The lowest BCUT2D eigenvalue weighted by atomic mass is 10.1. The van der Waals surface area contributed by atoms with Crippen molar-refractivity contribution in [3.05, 3.63) is 78.7 Å². The Balaban J connectivity index is 1.73. The van der Waals surface area contributed by atoms with Gasteiger partial charge in [-0.2, -0.15) is 0 Å². The highest BCUT2D eigenvalue weighted by atomic mass is 32.2. The van der Waals surface area contributed by atoms with Gasteiger partial charge >= 0.3 is 0 Å². The molecule has 28 heavy (non-hydrogen) atoms. The van der Waals surface area contributed by atoms with Crippen LogP contribution in [0.25, 0.3) is 32.7 Å². The smallest absolute Gasteiger partial charge is 0.193 e. The van der Waals surface area contributed by atoms with Crippen molar-refractivity contribution < 1.29 is 0 Å². The summed E-state index contributed by atoms with van der Waals surface area (Å²) >= 11 is 3.07. The fourth-order valence-corrected chi connectivity index (χ4v) is 4.72. The predicted octanol–water partition coefficient (Wildman–Crippen LogP) is 5.36. The summed E-state index contributed by atoms with van der Waals surface area (Å²) in [5.41, 5.74) is 3.15. The zero-order valence-corrected chi connectivity index (χ0v) is 16.2. The third-order valence-corrected chi connectivity index (χ3v) is 5.89. The van der Waals surface area contributed by atoms with Crippen molar-refractivity contribution in [1.82, 2.24) is 24.9 Å². The molecule has 0 aliphatic rings. The van der Waals surface area contributed by atoms with Gasteiger partial charge in [0.1, 0.15) is 9.86 Å². The summed E-state index contributed by atoms with van der Waals surface area (Å²) in [5.74, 6) is 0.653. The molecular weight excluding hydrogens is 386 g/mol. The highest BCUT2D eigenvalue weighted by molar-refractivity contribution is 7.99. The maximum absolute atomic E-state index is 4.86. The molecule has 0 spiro atoms. The molecule has 5 aromatic rings. The Morgan fingerprint density at radius 1 is 0.786 bits per heavy atom. The minimum atomic E-state index is 0.653. The van der Waals surface area contributed by atoms with Gasteiger partial charge in [-0.3, -0.25) is 4.98 Å². The predicted molar refractivity (Wildman–Crippen MR) is 112 cm³/mol. The minimum absolute atomic E-state index is 0.653. The first-order valence-electron chi connectivity index (χ1n) is 8.58. The Kier molecular flexibility index (Phi) is 4.52. The van der Waals surface area contributed by atoms with Crippen molar-refractivity contribution in [3.63, 3.8) is 0 Å². The molecule has 0 saturated heterocycles. The van der Waals surface area contributed by atoms with E-state index < -0.39 is 0 Å². The topological polar surface area (TPSA) is 64.5 Å². The average molecular weight is 400 g/mol. The summed E-state index contributed by atoms with van der Waals surface area (Å²) in [6.07, 6.45) is 7.00. The van der Waals surface area contributed by atoms with Crippen LogP contribution in [0.3, 0.4) is 0 Å². The molecule has 0 amide bonds. The number of benzene rings is 1. The number of thiophene rings is 1. The molecule has 4 heterocycles. The summed E-state index contributed by atoms with van der Waals surface area (Å²) in [6, 6.07) is 16.0. The maximum atomic E-state index is 4.86. The van der Waals surface area contributed by atoms with Gasteiger partial charge in [-0.25, -0.2) is 19.9 Å². The van der Waals surface area contributed by atoms with Crippen LogP contribution in [0, 0.1) is 0 Å². The van der Waals surface area contributed by atoms with Gasteiger partial charge in [0, 0.05) is 41.3 Å². The molecule has 0 aliphatic heterocycles. The molecule has 1 aromatic carbocycles. The van der Waals surface area contributed by atoms with Crippen LogP contribution in [0.2, 0.25) is 0 Å². The lowest BCUT2D eigenvalue weighted by Crippen LogP contribution is -1.94.